The third kappa shape index (κ3) is 4.52. The second kappa shape index (κ2) is 9.23. The van der Waals surface area contributed by atoms with E-state index in [1.165, 1.54) is 37.7 Å². The van der Waals surface area contributed by atoms with Gasteiger partial charge in [0.2, 0.25) is 0 Å². The quantitative estimate of drug-likeness (QED) is 0.612. The van der Waals surface area contributed by atoms with Gasteiger partial charge in [-0.2, -0.15) is 0 Å². The highest BCUT2D eigenvalue weighted by molar-refractivity contribution is 6.05. The summed E-state index contributed by atoms with van der Waals surface area (Å²) in [7, 11) is 0. The van der Waals surface area contributed by atoms with Crippen LogP contribution in [0.5, 0.6) is 0 Å². The van der Waals surface area contributed by atoms with Crippen molar-refractivity contribution < 1.29 is 9.53 Å². The topological polar surface area (TPSA) is 47.4 Å². The Hall–Kier alpha value is -2.66. The van der Waals surface area contributed by atoms with Crippen LogP contribution in [0.4, 0.5) is 0 Å². The molecular formula is C26H31N3O2. The summed E-state index contributed by atoms with van der Waals surface area (Å²) in [6.45, 7) is 3.51. The van der Waals surface area contributed by atoms with Crippen LogP contribution in [0.25, 0.3) is 11.0 Å². The predicted octanol–water partition coefficient (Wildman–Crippen LogP) is 4.56. The zero-order valence-electron chi connectivity index (χ0n) is 18.1. The van der Waals surface area contributed by atoms with Crippen LogP contribution in [-0.2, 0) is 17.7 Å². The van der Waals surface area contributed by atoms with E-state index in [-0.39, 0.29) is 5.91 Å². The summed E-state index contributed by atoms with van der Waals surface area (Å²) in [6.07, 6.45) is 10.1. The summed E-state index contributed by atoms with van der Waals surface area (Å²) in [5, 5.41) is 0. The van der Waals surface area contributed by atoms with Gasteiger partial charge in [0.15, 0.2) is 0 Å². The van der Waals surface area contributed by atoms with Crippen molar-refractivity contribution in [3.8, 4) is 0 Å². The van der Waals surface area contributed by atoms with Gasteiger partial charge in [0.05, 0.1) is 24.3 Å². The van der Waals surface area contributed by atoms with Crippen molar-refractivity contribution in [2.75, 3.05) is 26.3 Å². The lowest BCUT2D eigenvalue weighted by atomic mass is 9.79. The molecule has 3 heterocycles. The third-order valence-electron chi connectivity index (χ3n) is 6.95. The number of benzene rings is 1. The Bertz CT molecular complexity index is 1020. The van der Waals surface area contributed by atoms with E-state index in [2.05, 4.69) is 45.9 Å². The van der Waals surface area contributed by atoms with E-state index < -0.39 is 0 Å². The number of carbonyl (C=O) groups is 1. The zero-order chi connectivity index (χ0) is 21.0. The number of rotatable bonds is 5. The average molecular weight is 418 g/mol. The Morgan fingerprint density at radius 2 is 1.71 bits per heavy atom. The van der Waals surface area contributed by atoms with Gasteiger partial charge in [-0.25, -0.2) is 0 Å². The van der Waals surface area contributed by atoms with Crippen molar-refractivity contribution in [1.29, 1.82) is 0 Å². The van der Waals surface area contributed by atoms with Gasteiger partial charge in [0.25, 0.3) is 5.91 Å². The van der Waals surface area contributed by atoms with Crippen molar-refractivity contribution >= 4 is 16.9 Å². The molecule has 5 nitrogen and oxygen atoms in total. The number of fused-ring (bicyclic) bond motifs is 1. The summed E-state index contributed by atoms with van der Waals surface area (Å²) in [4.78, 5) is 19.6. The maximum Gasteiger partial charge on any atom is 0.257 e. The van der Waals surface area contributed by atoms with E-state index >= 15 is 0 Å². The Morgan fingerprint density at radius 3 is 2.48 bits per heavy atom. The van der Waals surface area contributed by atoms with Gasteiger partial charge in [0.1, 0.15) is 5.52 Å². The number of morpholine rings is 1. The van der Waals surface area contributed by atoms with Crippen LogP contribution < -0.4 is 0 Å². The fraction of sp³-hybridized carbons (Fsp3) is 0.462. The minimum absolute atomic E-state index is 0.0809. The van der Waals surface area contributed by atoms with Crippen LogP contribution in [0.15, 0.2) is 54.9 Å². The second-order valence-corrected chi connectivity index (χ2v) is 9.05. The fourth-order valence-corrected chi connectivity index (χ4v) is 5.21. The highest BCUT2D eigenvalue weighted by Gasteiger charge is 2.26. The van der Waals surface area contributed by atoms with E-state index in [1.807, 2.05) is 17.2 Å². The van der Waals surface area contributed by atoms with E-state index in [0.29, 0.717) is 32.2 Å². The van der Waals surface area contributed by atoms with Crippen molar-refractivity contribution in [2.45, 2.75) is 38.6 Å². The third-order valence-corrected chi connectivity index (χ3v) is 6.95. The molecule has 2 aliphatic rings. The van der Waals surface area contributed by atoms with Gasteiger partial charge in [-0.15, -0.1) is 0 Å². The van der Waals surface area contributed by atoms with Gasteiger partial charge in [-0.1, -0.05) is 30.3 Å². The van der Waals surface area contributed by atoms with E-state index in [9.17, 15) is 4.79 Å². The first-order chi connectivity index (χ1) is 15.3. The molecule has 1 aromatic carbocycles. The van der Waals surface area contributed by atoms with Crippen LogP contribution in [0.3, 0.4) is 0 Å². The van der Waals surface area contributed by atoms with Crippen molar-refractivity contribution in [2.24, 2.45) is 11.8 Å². The Kier molecular flexibility index (Phi) is 6.03. The van der Waals surface area contributed by atoms with Gasteiger partial charge in [-0.05, 0) is 61.6 Å². The largest absolute Gasteiger partial charge is 0.378 e. The van der Waals surface area contributed by atoms with Gasteiger partial charge in [-0.3, -0.25) is 9.78 Å². The first-order valence-corrected chi connectivity index (χ1v) is 11.6. The number of carbonyl (C=O) groups excluding carboxylic acids is 1. The van der Waals surface area contributed by atoms with Crippen molar-refractivity contribution in [1.82, 2.24) is 14.5 Å². The highest BCUT2D eigenvalue weighted by atomic mass is 16.5. The molecule has 0 unspecified atom stereocenters. The monoisotopic (exact) mass is 417 g/mol. The summed E-state index contributed by atoms with van der Waals surface area (Å²) in [5.41, 5.74) is 4.09. The number of ether oxygens (including phenoxy) is 1. The summed E-state index contributed by atoms with van der Waals surface area (Å²) in [5.74, 6) is 1.53. The molecule has 1 aliphatic carbocycles. The zero-order valence-corrected chi connectivity index (χ0v) is 18.1. The first kappa shape index (κ1) is 20.3. The number of amides is 1. The van der Waals surface area contributed by atoms with Crippen molar-refractivity contribution in [3.63, 3.8) is 0 Å². The minimum atomic E-state index is 0.0809. The van der Waals surface area contributed by atoms with Crippen LogP contribution in [0, 0.1) is 11.8 Å². The molecule has 1 amide bonds. The molecule has 162 valence electrons. The van der Waals surface area contributed by atoms with Gasteiger partial charge in [0, 0.05) is 32.0 Å². The molecule has 0 atom stereocenters. The Morgan fingerprint density at radius 1 is 0.968 bits per heavy atom. The summed E-state index contributed by atoms with van der Waals surface area (Å²) < 4.78 is 7.69. The van der Waals surface area contributed by atoms with Gasteiger partial charge >= 0.3 is 0 Å². The molecule has 0 radical (unpaired) electrons. The predicted molar refractivity (Wildman–Crippen MR) is 122 cm³/mol. The molecule has 2 fully saturated rings. The lowest BCUT2D eigenvalue weighted by Gasteiger charge is -2.29. The van der Waals surface area contributed by atoms with E-state index in [4.69, 9.17) is 4.74 Å². The highest BCUT2D eigenvalue weighted by Crippen LogP contribution is 2.33. The Labute approximate surface area is 184 Å². The average Bonchev–Trinajstić information content (AvgIpc) is 3.19. The molecule has 1 saturated carbocycles. The van der Waals surface area contributed by atoms with Crippen LogP contribution in [0.2, 0.25) is 0 Å². The molecule has 1 aliphatic heterocycles. The first-order valence-electron chi connectivity index (χ1n) is 11.6. The summed E-state index contributed by atoms with van der Waals surface area (Å²) >= 11 is 0. The maximum absolute atomic E-state index is 13.2. The number of hydrogen-bond acceptors (Lipinski definition) is 3. The standard InChI is InChI=1S/C26H31N3O2/c30-26(28-13-15-31-16-14-28)23-19-29(24-7-4-12-27-25(23)24)18-22-10-8-21(9-11-22)17-20-5-2-1-3-6-20/h1-7,12,19,21-22H,8-11,13-18H2. The molecular weight excluding hydrogens is 386 g/mol. The molecule has 0 N–H and O–H groups in total. The van der Waals surface area contributed by atoms with Crippen LogP contribution in [-0.4, -0.2) is 46.7 Å². The number of pyridine rings is 1. The van der Waals surface area contributed by atoms with Crippen molar-refractivity contribution in [3.05, 3.63) is 66.0 Å². The number of aromatic nitrogens is 2. The molecule has 0 spiro atoms. The second-order valence-electron chi connectivity index (χ2n) is 9.05. The summed E-state index contributed by atoms with van der Waals surface area (Å²) in [6, 6.07) is 14.9. The molecule has 5 rings (SSSR count). The molecule has 5 heteroatoms. The lowest BCUT2D eigenvalue weighted by Crippen LogP contribution is -2.40. The minimum Gasteiger partial charge on any atom is -0.378 e. The number of hydrogen-bond donors (Lipinski definition) is 0. The Balaban J connectivity index is 1.27. The van der Waals surface area contributed by atoms with E-state index in [0.717, 1.165) is 29.1 Å². The molecule has 0 bridgehead atoms. The lowest BCUT2D eigenvalue weighted by molar-refractivity contribution is 0.0304. The van der Waals surface area contributed by atoms with Crippen LogP contribution in [0.1, 0.15) is 41.6 Å². The smallest absolute Gasteiger partial charge is 0.257 e. The number of nitrogens with zero attached hydrogens (tertiary/aromatic N) is 3. The SMILES string of the molecule is O=C(c1cn(CC2CCC(Cc3ccccc3)CC2)c2cccnc12)N1CCOCC1. The maximum atomic E-state index is 13.2. The molecule has 1 saturated heterocycles. The molecule has 2 aromatic heterocycles. The van der Waals surface area contributed by atoms with Gasteiger partial charge < -0.3 is 14.2 Å². The molecule has 3 aromatic rings. The fourth-order valence-electron chi connectivity index (χ4n) is 5.21. The molecule has 31 heavy (non-hydrogen) atoms. The van der Waals surface area contributed by atoms with E-state index in [1.54, 1.807) is 6.20 Å². The van der Waals surface area contributed by atoms with Crippen LogP contribution >= 0.6 is 0 Å². The normalized spacial score (nSPS) is 22.0.